The molecule has 0 saturated carbocycles. The highest BCUT2D eigenvalue weighted by atomic mass is 19.4. The molecule has 2 aromatic rings. The normalized spacial score (nSPS) is 11.8. The van der Waals surface area contributed by atoms with E-state index in [4.69, 9.17) is 0 Å². The summed E-state index contributed by atoms with van der Waals surface area (Å²) in [5.41, 5.74) is -0.730. The zero-order valence-corrected chi connectivity index (χ0v) is 8.76. The highest BCUT2D eigenvalue weighted by Gasteiger charge is 2.32. The maximum absolute atomic E-state index is 12.6. The number of esters is 1. The Balaban J connectivity index is 2.71. The van der Waals surface area contributed by atoms with Crippen LogP contribution in [0.15, 0.2) is 24.4 Å². The molecule has 6 heteroatoms. The van der Waals surface area contributed by atoms with Gasteiger partial charge in [0.15, 0.2) is 0 Å². The molecule has 0 saturated heterocycles. The zero-order chi connectivity index (χ0) is 12.6. The second kappa shape index (κ2) is 3.80. The topological polar surface area (TPSA) is 42.1 Å². The minimum atomic E-state index is -4.50. The summed E-state index contributed by atoms with van der Waals surface area (Å²) in [6, 6.07) is 3.28. The first-order chi connectivity index (χ1) is 7.93. The first-order valence-corrected chi connectivity index (χ1v) is 4.70. The van der Waals surface area contributed by atoms with Gasteiger partial charge in [0.2, 0.25) is 0 Å². The van der Waals surface area contributed by atoms with E-state index in [1.165, 1.54) is 12.3 Å². The standard InChI is InChI=1S/C11H8F3NO2/c1-17-10(16)8-4-6(11(12,13)14)5-9-7(8)2-3-15-9/h2-5,15H,1H3. The van der Waals surface area contributed by atoms with Gasteiger partial charge in [-0.2, -0.15) is 13.2 Å². The van der Waals surface area contributed by atoms with Gasteiger partial charge in [-0.15, -0.1) is 0 Å². The Labute approximate surface area is 94.2 Å². The number of hydrogen-bond acceptors (Lipinski definition) is 2. The van der Waals surface area contributed by atoms with Gasteiger partial charge in [0.05, 0.1) is 18.2 Å². The van der Waals surface area contributed by atoms with E-state index in [-0.39, 0.29) is 11.1 Å². The van der Waals surface area contributed by atoms with E-state index in [1.807, 2.05) is 0 Å². The van der Waals surface area contributed by atoms with Gasteiger partial charge in [0.25, 0.3) is 0 Å². The highest BCUT2D eigenvalue weighted by Crippen LogP contribution is 2.33. The van der Waals surface area contributed by atoms with Crippen molar-refractivity contribution < 1.29 is 22.7 Å². The molecule has 1 aromatic heterocycles. The van der Waals surface area contributed by atoms with Gasteiger partial charge in [0, 0.05) is 17.1 Å². The molecule has 0 radical (unpaired) electrons. The van der Waals surface area contributed by atoms with Crippen LogP contribution in [-0.4, -0.2) is 18.1 Å². The maximum atomic E-state index is 12.6. The lowest BCUT2D eigenvalue weighted by molar-refractivity contribution is -0.137. The monoisotopic (exact) mass is 243 g/mol. The van der Waals surface area contributed by atoms with Crippen molar-refractivity contribution in [3.05, 3.63) is 35.5 Å². The predicted molar refractivity (Wildman–Crippen MR) is 54.6 cm³/mol. The number of hydrogen-bond donors (Lipinski definition) is 1. The number of rotatable bonds is 1. The number of aromatic nitrogens is 1. The van der Waals surface area contributed by atoms with Gasteiger partial charge in [-0.25, -0.2) is 4.79 Å². The van der Waals surface area contributed by atoms with Crippen LogP contribution in [-0.2, 0) is 10.9 Å². The van der Waals surface area contributed by atoms with Crippen LogP contribution in [0, 0.1) is 0 Å². The summed E-state index contributed by atoms with van der Waals surface area (Å²) in [6.45, 7) is 0. The SMILES string of the molecule is COC(=O)c1cc(C(F)(F)F)cc2[nH]ccc12. The molecule has 0 atom stereocenters. The summed E-state index contributed by atoms with van der Waals surface area (Å²) in [6.07, 6.45) is -3.03. The van der Waals surface area contributed by atoms with Crippen molar-refractivity contribution in [3.63, 3.8) is 0 Å². The van der Waals surface area contributed by atoms with Crippen LogP contribution >= 0.6 is 0 Å². The Bertz CT molecular complexity index is 572. The second-order valence-corrected chi connectivity index (χ2v) is 3.45. The molecular weight excluding hydrogens is 235 g/mol. The number of carbonyl (C=O) groups is 1. The smallest absolute Gasteiger partial charge is 0.416 e. The van der Waals surface area contributed by atoms with Crippen LogP contribution in [0.3, 0.4) is 0 Å². The number of benzene rings is 1. The lowest BCUT2D eigenvalue weighted by Crippen LogP contribution is -2.09. The quantitative estimate of drug-likeness (QED) is 0.782. The molecule has 0 aliphatic carbocycles. The molecule has 0 aliphatic rings. The van der Waals surface area contributed by atoms with Crippen LogP contribution in [0.25, 0.3) is 10.9 Å². The van der Waals surface area contributed by atoms with E-state index >= 15 is 0 Å². The largest absolute Gasteiger partial charge is 0.465 e. The predicted octanol–water partition coefficient (Wildman–Crippen LogP) is 2.97. The lowest BCUT2D eigenvalue weighted by atomic mass is 10.1. The maximum Gasteiger partial charge on any atom is 0.416 e. The summed E-state index contributed by atoms with van der Waals surface area (Å²) >= 11 is 0. The number of aromatic amines is 1. The average Bonchev–Trinajstić information content (AvgIpc) is 2.73. The zero-order valence-electron chi connectivity index (χ0n) is 8.76. The number of H-pyrrole nitrogens is 1. The highest BCUT2D eigenvalue weighted by molar-refractivity contribution is 6.04. The Kier molecular flexibility index (Phi) is 2.57. The molecule has 0 amide bonds. The molecule has 1 N–H and O–H groups in total. The number of halogens is 3. The molecule has 0 fully saturated rings. The van der Waals surface area contributed by atoms with Crippen LogP contribution < -0.4 is 0 Å². The fraction of sp³-hybridized carbons (Fsp3) is 0.182. The molecule has 3 nitrogen and oxygen atoms in total. The Morgan fingerprint density at radius 3 is 2.65 bits per heavy atom. The van der Waals surface area contributed by atoms with Gasteiger partial charge in [-0.05, 0) is 18.2 Å². The average molecular weight is 243 g/mol. The summed E-state index contributed by atoms with van der Waals surface area (Å²) in [7, 11) is 1.13. The molecule has 90 valence electrons. The van der Waals surface area contributed by atoms with Gasteiger partial charge >= 0.3 is 12.1 Å². The summed E-state index contributed by atoms with van der Waals surface area (Å²) in [4.78, 5) is 14.0. The van der Waals surface area contributed by atoms with Gasteiger partial charge < -0.3 is 9.72 Å². The van der Waals surface area contributed by atoms with Crippen molar-refractivity contribution in [3.8, 4) is 0 Å². The summed E-state index contributed by atoms with van der Waals surface area (Å²) in [5.74, 6) is -0.791. The van der Waals surface area contributed by atoms with E-state index in [9.17, 15) is 18.0 Å². The molecule has 0 spiro atoms. The van der Waals surface area contributed by atoms with Crippen molar-refractivity contribution in [2.75, 3.05) is 7.11 Å². The molecule has 0 unspecified atom stereocenters. The minimum Gasteiger partial charge on any atom is -0.465 e. The fourth-order valence-electron chi connectivity index (χ4n) is 1.61. The second-order valence-electron chi connectivity index (χ2n) is 3.45. The summed E-state index contributed by atoms with van der Waals surface area (Å²) in [5, 5.41) is 0.407. The number of fused-ring (bicyclic) bond motifs is 1. The molecule has 2 rings (SSSR count). The number of ether oxygens (including phenoxy) is 1. The molecule has 1 heterocycles. The lowest BCUT2D eigenvalue weighted by Gasteiger charge is -2.09. The van der Waals surface area contributed by atoms with E-state index in [2.05, 4.69) is 9.72 Å². The molecular formula is C11H8F3NO2. The molecule has 0 aliphatic heterocycles. The first kappa shape index (κ1) is 11.5. The molecule has 17 heavy (non-hydrogen) atoms. The number of methoxy groups -OCH3 is 1. The fourth-order valence-corrected chi connectivity index (χ4v) is 1.61. The first-order valence-electron chi connectivity index (χ1n) is 4.70. The number of nitrogens with one attached hydrogen (secondary N) is 1. The summed E-state index contributed by atoms with van der Waals surface area (Å²) < 4.78 is 42.3. The van der Waals surface area contributed by atoms with Gasteiger partial charge in [0.1, 0.15) is 0 Å². The van der Waals surface area contributed by atoms with E-state index < -0.39 is 17.7 Å². The van der Waals surface area contributed by atoms with Crippen molar-refractivity contribution in [2.24, 2.45) is 0 Å². The van der Waals surface area contributed by atoms with Crippen molar-refractivity contribution in [1.82, 2.24) is 4.98 Å². The van der Waals surface area contributed by atoms with Crippen LogP contribution in [0.1, 0.15) is 15.9 Å². The Morgan fingerprint density at radius 1 is 1.35 bits per heavy atom. The van der Waals surface area contributed by atoms with E-state index in [0.29, 0.717) is 5.39 Å². The molecule has 0 bridgehead atoms. The third-order valence-corrected chi connectivity index (χ3v) is 2.40. The minimum absolute atomic E-state index is 0.0985. The third-order valence-electron chi connectivity index (χ3n) is 2.40. The molecule has 1 aromatic carbocycles. The third kappa shape index (κ3) is 1.98. The van der Waals surface area contributed by atoms with E-state index in [1.54, 1.807) is 0 Å². The van der Waals surface area contributed by atoms with Crippen molar-refractivity contribution in [1.29, 1.82) is 0 Å². The van der Waals surface area contributed by atoms with Gasteiger partial charge in [-0.1, -0.05) is 0 Å². The van der Waals surface area contributed by atoms with Crippen LogP contribution in [0.5, 0.6) is 0 Å². The number of carbonyl (C=O) groups excluding carboxylic acids is 1. The Hall–Kier alpha value is -1.98. The van der Waals surface area contributed by atoms with E-state index in [0.717, 1.165) is 19.2 Å². The van der Waals surface area contributed by atoms with Crippen LogP contribution in [0.4, 0.5) is 13.2 Å². The van der Waals surface area contributed by atoms with Crippen molar-refractivity contribution >= 4 is 16.9 Å². The van der Waals surface area contributed by atoms with Crippen molar-refractivity contribution in [2.45, 2.75) is 6.18 Å². The van der Waals surface area contributed by atoms with Gasteiger partial charge in [-0.3, -0.25) is 0 Å². The van der Waals surface area contributed by atoms with Crippen LogP contribution in [0.2, 0.25) is 0 Å². The Morgan fingerprint density at radius 2 is 2.06 bits per heavy atom. The number of alkyl halides is 3.